The Bertz CT molecular complexity index is 3540. The minimum atomic E-state index is 1.12. The molecule has 0 aliphatic rings. The molecule has 10 aromatic carbocycles. The van der Waals surface area contributed by atoms with Crippen LogP contribution >= 0.6 is 22.7 Å². The number of anilines is 3. The molecule has 1 nitrogen and oxygen atoms in total. The summed E-state index contributed by atoms with van der Waals surface area (Å²) in [6, 6.07) is 78.1. The summed E-state index contributed by atoms with van der Waals surface area (Å²) in [6.07, 6.45) is 0. The molecular weight excluding hydrogens is 751 g/mol. The predicted molar refractivity (Wildman–Crippen MR) is 258 cm³/mol. The monoisotopic (exact) mass is 785 g/mol. The van der Waals surface area contributed by atoms with E-state index in [9.17, 15) is 0 Å². The lowest BCUT2D eigenvalue weighted by Crippen LogP contribution is -2.10. The minimum absolute atomic E-state index is 1.12. The van der Waals surface area contributed by atoms with Crippen molar-refractivity contribution in [1.29, 1.82) is 0 Å². The Labute approximate surface area is 350 Å². The molecule has 12 rings (SSSR count). The third kappa shape index (κ3) is 5.58. The molecule has 2 aromatic heterocycles. The molecule has 276 valence electrons. The van der Waals surface area contributed by atoms with Crippen LogP contribution in [0.1, 0.15) is 0 Å². The molecule has 0 radical (unpaired) electrons. The zero-order chi connectivity index (χ0) is 38.9. The normalized spacial score (nSPS) is 11.7. The molecule has 0 fully saturated rings. The van der Waals surface area contributed by atoms with Crippen molar-refractivity contribution in [2.24, 2.45) is 0 Å². The minimum Gasteiger partial charge on any atom is -0.309 e. The van der Waals surface area contributed by atoms with Gasteiger partial charge in [0, 0.05) is 47.0 Å². The zero-order valence-corrected chi connectivity index (χ0v) is 33.6. The Morgan fingerprint density at radius 1 is 0.305 bits per heavy atom. The summed E-state index contributed by atoms with van der Waals surface area (Å²) in [5.41, 5.74) is 10.9. The second-order valence-corrected chi connectivity index (χ2v) is 17.3. The lowest BCUT2D eigenvalue weighted by atomic mass is 9.93. The largest absolute Gasteiger partial charge is 0.309 e. The standard InChI is InChI=1S/C56H35NS2/c1-2-13-36(14-3-1)44-21-10-22-47-48-23-11-24-51(56(48)59-55(44)47)57(40-31-27-37(28-32-40)43-20-12-26-53-54(43)49-19-8-9-25-52(49)58-53)41-33-29-38(30-34-41)50-35-39-15-4-5-16-42(39)45-17-6-7-18-46(45)50/h1-35H. The molecule has 0 aliphatic heterocycles. The fourth-order valence-electron chi connectivity index (χ4n) is 9.14. The molecule has 0 atom stereocenters. The van der Waals surface area contributed by atoms with Crippen LogP contribution in [0.15, 0.2) is 212 Å². The van der Waals surface area contributed by atoms with Gasteiger partial charge in [0.25, 0.3) is 0 Å². The highest BCUT2D eigenvalue weighted by atomic mass is 32.1. The Morgan fingerprint density at radius 3 is 1.63 bits per heavy atom. The van der Waals surface area contributed by atoms with Crippen molar-refractivity contribution in [3.63, 3.8) is 0 Å². The summed E-state index contributed by atoms with van der Waals surface area (Å²) in [6.45, 7) is 0. The van der Waals surface area contributed by atoms with E-state index in [0.29, 0.717) is 0 Å². The predicted octanol–water partition coefficient (Wildman–Crippen LogP) is 17.2. The number of benzene rings is 10. The molecule has 2 heterocycles. The number of thiophene rings is 2. The van der Waals surface area contributed by atoms with Crippen LogP contribution in [0.2, 0.25) is 0 Å². The molecule has 0 bridgehead atoms. The van der Waals surface area contributed by atoms with E-state index in [1.807, 2.05) is 22.7 Å². The van der Waals surface area contributed by atoms with Gasteiger partial charge in [-0.1, -0.05) is 164 Å². The highest BCUT2D eigenvalue weighted by molar-refractivity contribution is 7.27. The lowest BCUT2D eigenvalue weighted by molar-refractivity contribution is 1.30. The smallest absolute Gasteiger partial charge is 0.0640 e. The van der Waals surface area contributed by atoms with Crippen LogP contribution in [-0.4, -0.2) is 0 Å². The van der Waals surface area contributed by atoms with Crippen LogP contribution < -0.4 is 4.90 Å². The Morgan fingerprint density at radius 2 is 0.847 bits per heavy atom. The molecule has 3 heteroatoms. The maximum atomic E-state index is 2.45. The highest BCUT2D eigenvalue weighted by Gasteiger charge is 2.20. The van der Waals surface area contributed by atoms with Gasteiger partial charge in [-0.25, -0.2) is 0 Å². The first kappa shape index (κ1) is 34.0. The van der Waals surface area contributed by atoms with Gasteiger partial charge in [-0.2, -0.15) is 0 Å². The van der Waals surface area contributed by atoms with Crippen molar-refractivity contribution >= 4 is 102 Å². The van der Waals surface area contributed by atoms with Crippen molar-refractivity contribution in [2.75, 3.05) is 4.90 Å². The quantitative estimate of drug-likeness (QED) is 0.152. The summed E-state index contributed by atoms with van der Waals surface area (Å²) < 4.78 is 5.23. The molecule has 0 spiro atoms. The van der Waals surface area contributed by atoms with E-state index in [1.165, 1.54) is 101 Å². The van der Waals surface area contributed by atoms with Gasteiger partial charge in [-0.3, -0.25) is 0 Å². The topological polar surface area (TPSA) is 3.24 Å². The SMILES string of the molecule is c1ccc(-c2cccc3c2sc2c(N(c4ccc(-c5cc6ccccc6c6ccccc56)cc4)c4ccc(-c5cccc6sc7ccccc7c56)cc4)cccc23)cc1. The second-order valence-electron chi connectivity index (χ2n) is 15.2. The zero-order valence-electron chi connectivity index (χ0n) is 32.0. The number of hydrogen-bond acceptors (Lipinski definition) is 3. The van der Waals surface area contributed by atoms with Crippen molar-refractivity contribution in [3.05, 3.63) is 212 Å². The number of nitrogens with zero attached hydrogens (tertiary/aromatic N) is 1. The van der Waals surface area contributed by atoms with Crippen LogP contribution in [0.3, 0.4) is 0 Å². The van der Waals surface area contributed by atoms with E-state index in [2.05, 4.69) is 217 Å². The molecular formula is C56H35NS2. The van der Waals surface area contributed by atoms with Crippen LogP contribution in [0.5, 0.6) is 0 Å². The molecule has 0 aliphatic carbocycles. The van der Waals surface area contributed by atoms with Crippen LogP contribution in [-0.2, 0) is 0 Å². The third-order valence-electron chi connectivity index (χ3n) is 11.9. The molecule has 0 amide bonds. The fourth-order valence-corrected chi connectivity index (χ4v) is 11.6. The van der Waals surface area contributed by atoms with E-state index in [1.54, 1.807) is 0 Å². The van der Waals surface area contributed by atoms with Gasteiger partial charge in [0.1, 0.15) is 0 Å². The van der Waals surface area contributed by atoms with Crippen LogP contribution in [0.4, 0.5) is 17.1 Å². The van der Waals surface area contributed by atoms with Gasteiger partial charge in [-0.05, 0) is 103 Å². The average molecular weight is 786 g/mol. The summed E-state index contributed by atoms with van der Waals surface area (Å²) in [7, 11) is 0. The van der Waals surface area contributed by atoms with E-state index >= 15 is 0 Å². The molecule has 0 N–H and O–H groups in total. The van der Waals surface area contributed by atoms with E-state index < -0.39 is 0 Å². The summed E-state index contributed by atoms with van der Waals surface area (Å²) in [5.74, 6) is 0. The number of fused-ring (bicyclic) bond motifs is 9. The Hall–Kier alpha value is -7.04. The van der Waals surface area contributed by atoms with Crippen molar-refractivity contribution in [1.82, 2.24) is 0 Å². The molecule has 0 saturated heterocycles. The first-order valence-electron chi connectivity index (χ1n) is 20.1. The van der Waals surface area contributed by atoms with Crippen molar-refractivity contribution in [3.8, 4) is 33.4 Å². The number of rotatable bonds is 6. The van der Waals surface area contributed by atoms with E-state index in [-0.39, 0.29) is 0 Å². The Kier molecular flexibility index (Phi) is 7.97. The van der Waals surface area contributed by atoms with E-state index in [0.717, 1.165) is 11.4 Å². The fraction of sp³-hybridized carbons (Fsp3) is 0. The first-order chi connectivity index (χ1) is 29.3. The summed E-state index contributed by atoms with van der Waals surface area (Å²) >= 11 is 3.76. The molecule has 12 aromatic rings. The molecule has 59 heavy (non-hydrogen) atoms. The van der Waals surface area contributed by atoms with Gasteiger partial charge in [0.2, 0.25) is 0 Å². The number of hydrogen-bond donors (Lipinski definition) is 0. The van der Waals surface area contributed by atoms with Crippen molar-refractivity contribution < 1.29 is 0 Å². The maximum absolute atomic E-state index is 2.45. The summed E-state index contributed by atoms with van der Waals surface area (Å²) in [5, 5.41) is 10.3. The van der Waals surface area contributed by atoms with E-state index in [4.69, 9.17) is 0 Å². The third-order valence-corrected chi connectivity index (χ3v) is 14.3. The van der Waals surface area contributed by atoms with Gasteiger partial charge in [-0.15, -0.1) is 22.7 Å². The van der Waals surface area contributed by atoms with Gasteiger partial charge in [0.15, 0.2) is 0 Å². The highest BCUT2D eigenvalue weighted by Crippen LogP contribution is 2.48. The maximum Gasteiger partial charge on any atom is 0.0640 e. The van der Waals surface area contributed by atoms with Crippen molar-refractivity contribution in [2.45, 2.75) is 0 Å². The molecule has 0 unspecified atom stereocenters. The van der Waals surface area contributed by atoms with Gasteiger partial charge < -0.3 is 4.90 Å². The lowest BCUT2D eigenvalue weighted by Gasteiger charge is -2.26. The van der Waals surface area contributed by atoms with Gasteiger partial charge in [0.05, 0.1) is 10.4 Å². The van der Waals surface area contributed by atoms with Gasteiger partial charge >= 0.3 is 0 Å². The summed E-state index contributed by atoms with van der Waals surface area (Å²) in [4.78, 5) is 2.45. The molecule has 0 saturated carbocycles. The van der Waals surface area contributed by atoms with Crippen LogP contribution in [0, 0.1) is 0 Å². The first-order valence-corrected chi connectivity index (χ1v) is 21.7. The second kappa shape index (κ2) is 13.8. The van der Waals surface area contributed by atoms with Crippen LogP contribution in [0.25, 0.3) is 95.3 Å². The Balaban J connectivity index is 1.04. The average Bonchev–Trinajstić information content (AvgIpc) is 3.89.